The van der Waals surface area contributed by atoms with Crippen LogP contribution >= 0.6 is 0 Å². The van der Waals surface area contributed by atoms with E-state index in [2.05, 4.69) is 57.5 Å². The van der Waals surface area contributed by atoms with E-state index in [9.17, 15) is 9.59 Å². The van der Waals surface area contributed by atoms with Crippen molar-refractivity contribution in [2.24, 2.45) is 5.10 Å². The van der Waals surface area contributed by atoms with Crippen LogP contribution in [0, 0.1) is 0 Å². The topological polar surface area (TPSA) is 73.8 Å². The summed E-state index contributed by atoms with van der Waals surface area (Å²) >= 11 is 0. The van der Waals surface area contributed by atoms with E-state index < -0.39 is 0 Å². The highest BCUT2D eigenvalue weighted by Gasteiger charge is 2.31. The smallest absolute Gasteiger partial charge is 0.282 e. The molecule has 0 aliphatic carbocycles. The molecule has 0 spiro atoms. The van der Waals surface area contributed by atoms with E-state index in [1.165, 1.54) is 10.6 Å². The van der Waals surface area contributed by atoms with E-state index in [1.54, 1.807) is 26.0 Å². The molecular weight excluding hydrogens is 412 g/mol. The number of hydrazine groups is 1. The molecule has 0 atom stereocenters. The molecule has 2 amide bonds. The predicted molar refractivity (Wildman–Crippen MR) is 134 cm³/mol. The Bertz CT molecular complexity index is 1110. The lowest BCUT2D eigenvalue weighted by atomic mass is 9.87. The lowest BCUT2D eigenvalue weighted by Gasteiger charge is -2.20. The fraction of sp³-hybridized carbons (Fsp3) is 0.370. The summed E-state index contributed by atoms with van der Waals surface area (Å²) in [5, 5.41) is 5.84. The minimum atomic E-state index is -0.273. The number of hydrogen-bond donors (Lipinski definition) is 2. The van der Waals surface area contributed by atoms with E-state index in [1.807, 2.05) is 36.4 Å². The number of rotatable bonds is 4. The molecular formula is C27H34N4O2. The predicted octanol–water partition coefficient (Wildman–Crippen LogP) is 5.21. The molecule has 0 saturated carbocycles. The van der Waals surface area contributed by atoms with Gasteiger partial charge in [-0.25, -0.2) is 0 Å². The summed E-state index contributed by atoms with van der Waals surface area (Å²) in [7, 11) is 0. The molecule has 2 aromatic rings. The summed E-state index contributed by atoms with van der Waals surface area (Å²) in [6.07, 6.45) is 0. The van der Waals surface area contributed by atoms with Gasteiger partial charge in [-0.05, 0) is 60.1 Å². The summed E-state index contributed by atoms with van der Waals surface area (Å²) in [6, 6.07) is 15.4. The minimum absolute atomic E-state index is 0.0207. The number of benzene rings is 2. The number of nitrogens with one attached hydrogen (secondary N) is 2. The molecule has 6 heteroatoms. The molecule has 33 heavy (non-hydrogen) atoms. The van der Waals surface area contributed by atoms with Crippen molar-refractivity contribution in [2.75, 3.05) is 5.01 Å². The monoisotopic (exact) mass is 446 g/mol. The number of hydrogen-bond acceptors (Lipinski definition) is 4. The highest BCUT2D eigenvalue weighted by molar-refractivity contribution is 6.30. The molecule has 3 rings (SSSR count). The maximum Gasteiger partial charge on any atom is 0.282 e. The molecule has 1 heterocycles. The van der Waals surface area contributed by atoms with Gasteiger partial charge in [-0.3, -0.25) is 15.0 Å². The van der Waals surface area contributed by atoms with Crippen molar-refractivity contribution in [1.29, 1.82) is 0 Å². The van der Waals surface area contributed by atoms with Gasteiger partial charge in [0, 0.05) is 11.3 Å². The van der Waals surface area contributed by atoms with Crippen molar-refractivity contribution >= 4 is 23.2 Å². The fourth-order valence-electron chi connectivity index (χ4n) is 3.62. The van der Waals surface area contributed by atoms with E-state index in [4.69, 9.17) is 0 Å². The third kappa shape index (κ3) is 5.33. The number of allylic oxidation sites excluding steroid dienone is 1. The van der Waals surface area contributed by atoms with Crippen LogP contribution in [-0.4, -0.2) is 17.5 Å². The number of amides is 2. The summed E-state index contributed by atoms with van der Waals surface area (Å²) in [5.41, 5.74) is 10.8. The summed E-state index contributed by atoms with van der Waals surface area (Å²) in [4.78, 5) is 25.7. The quantitative estimate of drug-likeness (QED) is 0.500. The Kier molecular flexibility index (Phi) is 6.50. The highest BCUT2D eigenvalue weighted by atomic mass is 16.2. The largest absolute Gasteiger partial charge is 0.302 e. The molecule has 0 radical (unpaired) electrons. The molecule has 0 bridgehead atoms. The molecule has 0 aromatic heterocycles. The lowest BCUT2D eigenvalue weighted by Crippen LogP contribution is -2.37. The Morgan fingerprint density at radius 1 is 0.818 bits per heavy atom. The first-order valence-corrected chi connectivity index (χ1v) is 11.2. The highest BCUT2D eigenvalue weighted by Crippen LogP contribution is 2.28. The second kappa shape index (κ2) is 8.85. The first-order chi connectivity index (χ1) is 15.3. The molecule has 0 unspecified atom stereocenters. The zero-order valence-electron chi connectivity index (χ0n) is 20.8. The van der Waals surface area contributed by atoms with Gasteiger partial charge in [0.1, 0.15) is 0 Å². The zero-order chi connectivity index (χ0) is 24.6. The maximum atomic E-state index is 13.1. The number of carbonyl (C=O) groups is 2. The average Bonchev–Trinajstić information content (AvgIpc) is 3.04. The van der Waals surface area contributed by atoms with E-state index in [-0.39, 0.29) is 22.6 Å². The second-order valence-corrected chi connectivity index (χ2v) is 10.5. The van der Waals surface area contributed by atoms with E-state index in [0.717, 1.165) is 5.56 Å². The Morgan fingerprint density at radius 3 is 1.79 bits per heavy atom. The van der Waals surface area contributed by atoms with Crippen LogP contribution in [0.1, 0.15) is 76.9 Å². The molecule has 174 valence electrons. The fourth-order valence-corrected chi connectivity index (χ4v) is 3.62. The van der Waals surface area contributed by atoms with Crippen LogP contribution in [0.4, 0.5) is 5.69 Å². The molecule has 0 fully saturated rings. The van der Waals surface area contributed by atoms with Gasteiger partial charge in [0.05, 0.1) is 17.0 Å². The van der Waals surface area contributed by atoms with Gasteiger partial charge in [-0.15, -0.1) is 0 Å². The van der Waals surface area contributed by atoms with Gasteiger partial charge in [-0.1, -0.05) is 65.8 Å². The van der Waals surface area contributed by atoms with Gasteiger partial charge in [0.25, 0.3) is 11.8 Å². The summed E-state index contributed by atoms with van der Waals surface area (Å²) < 4.78 is 0. The van der Waals surface area contributed by atoms with Crippen LogP contribution in [0.2, 0.25) is 0 Å². The molecule has 6 nitrogen and oxygen atoms in total. The Balaban J connectivity index is 1.71. The van der Waals surface area contributed by atoms with E-state index >= 15 is 0 Å². The molecule has 2 N–H and O–H groups in total. The van der Waals surface area contributed by atoms with Gasteiger partial charge >= 0.3 is 0 Å². The van der Waals surface area contributed by atoms with Crippen molar-refractivity contribution in [1.82, 2.24) is 10.9 Å². The third-order valence-electron chi connectivity index (χ3n) is 5.75. The van der Waals surface area contributed by atoms with Crippen LogP contribution in [0.15, 0.2) is 64.9 Å². The normalized spacial score (nSPS) is 15.9. The number of anilines is 1. The van der Waals surface area contributed by atoms with Crippen molar-refractivity contribution in [3.05, 3.63) is 76.5 Å². The van der Waals surface area contributed by atoms with Crippen LogP contribution in [0.3, 0.4) is 0 Å². The maximum absolute atomic E-state index is 13.1. The summed E-state index contributed by atoms with van der Waals surface area (Å²) in [6.45, 7) is 16.4. The Labute approximate surface area is 196 Å². The number of carbonyl (C=O) groups excluding carboxylic acids is 2. The molecule has 1 aliphatic heterocycles. The van der Waals surface area contributed by atoms with Gasteiger partial charge in [0.2, 0.25) is 0 Å². The SMILES string of the molecule is CC1=NN(c2ccc(C(C)(C)C)cc2)C(=O)/C1=C(/C)NNC(=O)c1ccc(C(C)(C)C)cc1. The van der Waals surface area contributed by atoms with Crippen molar-refractivity contribution in [3.8, 4) is 0 Å². The lowest BCUT2D eigenvalue weighted by molar-refractivity contribution is -0.114. The van der Waals surface area contributed by atoms with Crippen molar-refractivity contribution in [2.45, 2.75) is 66.2 Å². The van der Waals surface area contributed by atoms with E-state index in [0.29, 0.717) is 28.2 Å². The molecule has 0 saturated heterocycles. The average molecular weight is 447 g/mol. The van der Waals surface area contributed by atoms with Gasteiger partial charge in [-0.2, -0.15) is 10.1 Å². The van der Waals surface area contributed by atoms with Crippen molar-refractivity contribution in [3.63, 3.8) is 0 Å². The van der Waals surface area contributed by atoms with Crippen LogP contribution in [-0.2, 0) is 15.6 Å². The molecule has 1 aliphatic rings. The number of hydrazone groups is 1. The van der Waals surface area contributed by atoms with Gasteiger partial charge in [0.15, 0.2) is 0 Å². The number of nitrogens with zero attached hydrogens (tertiary/aromatic N) is 2. The molecule has 2 aromatic carbocycles. The standard InChI is InChI=1S/C27H34N4O2/c1-17(28-29-24(32)19-9-11-20(12-10-19)26(3,4)5)23-18(2)30-31(25(23)33)22-15-13-21(14-16-22)27(6,7)8/h9-16,28H,1-8H3,(H,29,32)/b23-17-. The first-order valence-electron chi connectivity index (χ1n) is 11.2. The van der Waals surface area contributed by atoms with Gasteiger partial charge < -0.3 is 5.43 Å². The summed E-state index contributed by atoms with van der Waals surface area (Å²) in [5.74, 6) is -0.505. The zero-order valence-corrected chi connectivity index (χ0v) is 20.8. The van der Waals surface area contributed by atoms with Crippen molar-refractivity contribution < 1.29 is 9.59 Å². The van der Waals surface area contributed by atoms with Crippen LogP contribution in [0.5, 0.6) is 0 Å². The van der Waals surface area contributed by atoms with Crippen LogP contribution < -0.4 is 15.9 Å². The first kappa shape index (κ1) is 24.2. The second-order valence-electron chi connectivity index (χ2n) is 10.5. The Hall–Kier alpha value is -3.41. The van der Waals surface area contributed by atoms with Crippen LogP contribution in [0.25, 0.3) is 0 Å². The minimum Gasteiger partial charge on any atom is -0.302 e. The Morgan fingerprint density at radius 2 is 1.30 bits per heavy atom. The third-order valence-corrected chi connectivity index (χ3v) is 5.75.